The number of methoxy groups -OCH3 is 1. The minimum atomic E-state index is -0.396. The van der Waals surface area contributed by atoms with Gasteiger partial charge in [-0.2, -0.15) is 0 Å². The molecule has 4 nitrogen and oxygen atoms in total. The van der Waals surface area contributed by atoms with E-state index in [1.54, 1.807) is 7.11 Å². The molecule has 0 radical (unpaired) electrons. The van der Waals surface area contributed by atoms with Gasteiger partial charge in [-0.25, -0.2) is 0 Å². The minimum absolute atomic E-state index is 0.396. The molecule has 0 fully saturated rings. The van der Waals surface area contributed by atoms with Crippen molar-refractivity contribution in [3.8, 4) is 5.75 Å². The van der Waals surface area contributed by atoms with Crippen LogP contribution in [0.5, 0.6) is 5.75 Å². The van der Waals surface area contributed by atoms with E-state index in [0.29, 0.717) is 12.1 Å². The van der Waals surface area contributed by atoms with Crippen LogP contribution in [0.25, 0.3) is 21.8 Å². The lowest BCUT2D eigenvalue weighted by Gasteiger charge is -2.11. The number of nitrogens with zero attached hydrogens (tertiary/aromatic N) is 1. The Hall–Kier alpha value is -3.27. The lowest BCUT2D eigenvalue weighted by Crippen LogP contribution is -2.11. The van der Waals surface area contributed by atoms with Crippen molar-refractivity contribution in [2.24, 2.45) is 5.73 Å². The second-order valence-corrected chi connectivity index (χ2v) is 7.56. The van der Waals surface area contributed by atoms with Crippen LogP contribution in [-0.2, 0) is 13.0 Å². The molecule has 0 spiro atoms. The topological polar surface area (TPSA) is 57.2 Å². The van der Waals surface area contributed by atoms with Gasteiger partial charge in [0, 0.05) is 28.4 Å². The first kappa shape index (κ1) is 19.1. The zero-order chi connectivity index (χ0) is 20.5. The number of hydrogen-bond donors (Lipinski definition) is 1. The number of fused-ring (bicyclic) bond motifs is 3. The van der Waals surface area contributed by atoms with Crippen LogP contribution in [0, 0.1) is 6.92 Å². The number of benzene rings is 3. The highest BCUT2D eigenvalue weighted by molar-refractivity contribution is 6.18. The zero-order valence-electron chi connectivity index (χ0n) is 17.2. The van der Waals surface area contributed by atoms with E-state index in [9.17, 15) is 4.79 Å². The monoisotopic (exact) mass is 386 g/mol. The Morgan fingerprint density at radius 2 is 1.83 bits per heavy atom. The fourth-order valence-corrected chi connectivity index (χ4v) is 4.23. The summed E-state index contributed by atoms with van der Waals surface area (Å²) in [7, 11) is 1.69. The molecule has 0 saturated heterocycles. The molecule has 0 aliphatic rings. The Morgan fingerprint density at radius 3 is 2.52 bits per heavy atom. The van der Waals surface area contributed by atoms with Crippen LogP contribution in [0.1, 0.15) is 40.4 Å². The van der Waals surface area contributed by atoms with E-state index in [-0.39, 0.29) is 0 Å². The summed E-state index contributed by atoms with van der Waals surface area (Å²) in [5, 5.41) is 2.00. The summed E-state index contributed by atoms with van der Waals surface area (Å²) in [5.41, 5.74) is 12.0. The van der Waals surface area contributed by atoms with E-state index in [0.717, 1.165) is 46.0 Å². The van der Waals surface area contributed by atoms with Gasteiger partial charge in [0.15, 0.2) is 0 Å². The Kier molecular flexibility index (Phi) is 5.01. The first-order valence-corrected chi connectivity index (χ1v) is 10.0. The van der Waals surface area contributed by atoms with Crippen molar-refractivity contribution >= 4 is 27.7 Å². The van der Waals surface area contributed by atoms with Crippen molar-refractivity contribution in [2.75, 3.05) is 7.11 Å². The van der Waals surface area contributed by atoms with E-state index >= 15 is 0 Å². The average molecular weight is 386 g/mol. The molecule has 4 aromatic rings. The number of ether oxygens (including phenoxy) is 1. The normalized spacial score (nSPS) is 11.3. The van der Waals surface area contributed by atoms with Gasteiger partial charge in [0.05, 0.1) is 12.6 Å². The van der Waals surface area contributed by atoms with Crippen molar-refractivity contribution in [3.05, 3.63) is 76.9 Å². The van der Waals surface area contributed by atoms with Gasteiger partial charge in [-0.3, -0.25) is 4.79 Å². The van der Waals surface area contributed by atoms with E-state index in [1.807, 2.05) is 18.2 Å². The number of nitrogens with two attached hydrogens (primary N) is 1. The third kappa shape index (κ3) is 3.35. The molecule has 2 N–H and O–H groups in total. The van der Waals surface area contributed by atoms with E-state index < -0.39 is 5.91 Å². The number of amides is 1. The van der Waals surface area contributed by atoms with E-state index in [1.165, 1.54) is 11.1 Å². The molecule has 0 aliphatic heterocycles. The van der Waals surface area contributed by atoms with Gasteiger partial charge in [0.1, 0.15) is 5.75 Å². The second kappa shape index (κ2) is 7.63. The van der Waals surface area contributed by atoms with Crippen molar-refractivity contribution < 1.29 is 9.53 Å². The lowest BCUT2D eigenvalue weighted by atomic mass is 10.0. The predicted molar refractivity (Wildman–Crippen MR) is 119 cm³/mol. The predicted octanol–water partition coefficient (Wildman–Crippen LogP) is 5.21. The summed E-state index contributed by atoms with van der Waals surface area (Å²) in [6.45, 7) is 4.95. The van der Waals surface area contributed by atoms with Gasteiger partial charge < -0.3 is 15.0 Å². The molecule has 148 valence electrons. The Bertz CT molecular complexity index is 1220. The Morgan fingerprint density at radius 1 is 1.03 bits per heavy atom. The lowest BCUT2D eigenvalue weighted by molar-refractivity contribution is 0.100. The molecule has 0 bridgehead atoms. The number of primary amides is 1. The highest BCUT2D eigenvalue weighted by Crippen LogP contribution is 2.33. The molecule has 4 rings (SSSR count). The molecule has 4 heteroatoms. The average Bonchev–Trinajstić information content (AvgIpc) is 3.01. The first-order chi connectivity index (χ1) is 14.0. The summed E-state index contributed by atoms with van der Waals surface area (Å²) in [6.07, 6.45) is 2.12. The van der Waals surface area contributed by atoms with Crippen LogP contribution in [0.15, 0.2) is 54.6 Å². The molecule has 1 aromatic heterocycles. The summed E-state index contributed by atoms with van der Waals surface area (Å²) >= 11 is 0. The fourth-order valence-electron chi connectivity index (χ4n) is 4.23. The molecule has 1 amide bonds. The van der Waals surface area contributed by atoms with Crippen LogP contribution in [0.2, 0.25) is 0 Å². The van der Waals surface area contributed by atoms with Gasteiger partial charge >= 0.3 is 0 Å². The molecular formula is C25H26N2O2. The summed E-state index contributed by atoms with van der Waals surface area (Å²) in [6, 6.07) is 18.6. The molecule has 0 aliphatic carbocycles. The molecule has 0 saturated carbocycles. The van der Waals surface area contributed by atoms with Gasteiger partial charge in [-0.1, -0.05) is 43.7 Å². The number of rotatable bonds is 6. The van der Waals surface area contributed by atoms with Crippen LogP contribution in [0.3, 0.4) is 0 Å². The zero-order valence-corrected chi connectivity index (χ0v) is 17.2. The molecule has 3 aromatic carbocycles. The molecule has 0 unspecified atom stereocenters. The Labute approximate surface area is 170 Å². The third-order valence-corrected chi connectivity index (χ3v) is 5.56. The fraction of sp³-hybridized carbons (Fsp3) is 0.240. The summed E-state index contributed by atoms with van der Waals surface area (Å²) in [5.74, 6) is 0.491. The number of carbonyl (C=O) groups excluding carboxylic acids is 1. The maximum absolute atomic E-state index is 12.1. The highest BCUT2D eigenvalue weighted by atomic mass is 16.5. The molecule has 1 heterocycles. The van der Waals surface area contributed by atoms with Crippen molar-refractivity contribution in [1.82, 2.24) is 4.57 Å². The molecule has 0 atom stereocenters. The van der Waals surface area contributed by atoms with Crippen LogP contribution in [-0.4, -0.2) is 17.6 Å². The minimum Gasteiger partial charge on any atom is -0.496 e. The number of carbonyl (C=O) groups is 1. The first-order valence-electron chi connectivity index (χ1n) is 10.0. The number of hydrogen-bond acceptors (Lipinski definition) is 2. The van der Waals surface area contributed by atoms with Gasteiger partial charge in [-0.15, -0.1) is 0 Å². The largest absolute Gasteiger partial charge is 0.496 e. The summed E-state index contributed by atoms with van der Waals surface area (Å²) in [4.78, 5) is 12.1. The van der Waals surface area contributed by atoms with Crippen molar-refractivity contribution in [2.45, 2.75) is 33.2 Å². The van der Waals surface area contributed by atoms with Gasteiger partial charge in [0.25, 0.3) is 0 Å². The standard InChI is InChI=1S/C25H26N2O2/c1-4-6-17-9-11-19-22(14-17)27(15-18-10-12-23(29-3)16(2)13-18)21-8-5-7-20(24(19)21)25(26)28/h5,7-14H,4,6,15H2,1-3H3,(H2,26,28). The smallest absolute Gasteiger partial charge is 0.249 e. The van der Waals surface area contributed by atoms with E-state index in [4.69, 9.17) is 10.5 Å². The third-order valence-electron chi connectivity index (χ3n) is 5.56. The molecule has 29 heavy (non-hydrogen) atoms. The second-order valence-electron chi connectivity index (χ2n) is 7.56. The van der Waals surface area contributed by atoms with Crippen molar-refractivity contribution in [1.29, 1.82) is 0 Å². The van der Waals surface area contributed by atoms with Crippen LogP contribution >= 0.6 is 0 Å². The van der Waals surface area contributed by atoms with Gasteiger partial charge in [-0.05, 0) is 54.3 Å². The SMILES string of the molecule is CCCc1ccc2c3c(C(N)=O)cccc3n(Cc3ccc(OC)c(C)c3)c2c1. The summed E-state index contributed by atoms with van der Waals surface area (Å²) < 4.78 is 7.69. The number of aromatic nitrogens is 1. The highest BCUT2D eigenvalue weighted by Gasteiger charge is 2.17. The molecular weight excluding hydrogens is 360 g/mol. The van der Waals surface area contributed by atoms with Crippen molar-refractivity contribution in [3.63, 3.8) is 0 Å². The van der Waals surface area contributed by atoms with Crippen LogP contribution < -0.4 is 10.5 Å². The maximum atomic E-state index is 12.1. The van der Waals surface area contributed by atoms with Gasteiger partial charge in [0.2, 0.25) is 5.91 Å². The van der Waals surface area contributed by atoms with Crippen LogP contribution in [0.4, 0.5) is 0 Å². The Balaban J connectivity index is 1.97. The number of aryl methyl sites for hydroxylation is 2. The maximum Gasteiger partial charge on any atom is 0.249 e. The van der Waals surface area contributed by atoms with E-state index in [2.05, 4.69) is 54.8 Å². The quantitative estimate of drug-likeness (QED) is 0.494.